The molecule has 138 valence electrons. The number of nitrogens with one attached hydrogen (secondary N) is 2. The predicted octanol–water partition coefficient (Wildman–Crippen LogP) is 3.45. The van der Waals surface area contributed by atoms with Crippen molar-refractivity contribution in [3.63, 3.8) is 0 Å². The summed E-state index contributed by atoms with van der Waals surface area (Å²) in [6.45, 7) is 2.05. The van der Waals surface area contributed by atoms with Crippen molar-refractivity contribution in [1.29, 1.82) is 0 Å². The Morgan fingerprint density at radius 2 is 1.96 bits per heavy atom. The lowest BCUT2D eigenvalue weighted by molar-refractivity contribution is -0.384. The van der Waals surface area contributed by atoms with Gasteiger partial charge in [-0.15, -0.1) is 0 Å². The van der Waals surface area contributed by atoms with Crippen molar-refractivity contribution < 1.29 is 14.1 Å². The molecule has 0 saturated heterocycles. The van der Waals surface area contributed by atoms with Gasteiger partial charge in [-0.05, 0) is 30.7 Å². The number of anilines is 2. The summed E-state index contributed by atoms with van der Waals surface area (Å²) in [5.74, 6) is -0.268. The van der Waals surface area contributed by atoms with E-state index in [9.17, 15) is 19.7 Å². The highest BCUT2D eigenvalue weighted by Gasteiger charge is 2.12. The molecule has 0 atom stereocenters. The Kier molecular flexibility index (Phi) is 5.16. The maximum Gasteiger partial charge on any atom is 0.336 e. The molecule has 8 nitrogen and oxygen atoms in total. The number of rotatable bonds is 6. The van der Waals surface area contributed by atoms with Crippen LogP contribution in [-0.2, 0) is 4.79 Å². The quantitative estimate of drug-likeness (QED) is 0.392. The Balaban J connectivity index is 1.62. The molecule has 0 aliphatic heterocycles. The maximum atomic E-state index is 12.1. The van der Waals surface area contributed by atoms with Crippen molar-refractivity contribution in [2.75, 3.05) is 17.2 Å². The molecule has 0 saturated carbocycles. The molecule has 0 spiro atoms. The molecule has 0 fully saturated rings. The number of fused-ring (bicyclic) bond motifs is 1. The molecule has 27 heavy (non-hydrogen) atoms. The fraction of sp³-hybridized carbons (Fsp3) is 0.158. The van der Waals surface area contributed by atoms with Crippen molar-refractivity contribution in [1.82, 2.24) is 0 Å². The Bertz CT molecular complexity index is 1070. The van der Waals surface area contributed by atoms with E-state index in [-0.39, 0.29) is 24.6 Å². The largest absolute Gasteiger partial charge is 0.423 e. The molecule has 2 N–H and O–H groups in total. The van der Waals surface area contributed by atoms with Gasteiger partial charge < -0.3 is 15.1 Å². The molecular weight excluding hydrogens is 350 g/mol. The zero-order chi connectivity index (χ0) is 19.4. The number of carbonyl (C=O) groups excluding carboxylic acids is 1. The average molecular weight is 367 g/mol. The van der Waals surface area contributed by atoms with E-state index < -0.39 is 10.5 Å². The van der Waals surface area contributed by atoms with Gasteiger partial charge in [0.1, 0.15) is 11.3 Å². The molecular formula is C19H17N3O5. The topological polar surface area (TPSA) is 114 Å². The van der Waals surface area contributed by atoms with Crippen LogP contribution < -0.4 is 16.3 Å². The molecule has 0 aliphatic carbocycles. The molecule has 1 amide bonds. The second-order valence-electron chi connectivity index (χ2n) is 5.96. The number of nitro benzene ring substituents is 1. The first-order valence-electron chi connectivity index (χ1n) is 8.26. The van der Waals surface area contributed by atoms with Crippen LogP contribution in [0.2, 0.25) is 0 Å². The minimum absolute atomic E-state index is 0.0437. The zero-order valence-corrected chi connectivity index (χ0v) is 14.5. The fourth-order valence-electron chi connectivity index (χ4n) is 2.72. The van der Waals surface area contributed by atoms with E-state index in [4.69, 9.17) is 4.42 Å². The van der Waals surface area contributed by atoms with Gasteiger partial charge in [-0.3, -0.25) is 14.9 Å². The minimum Gasteiger partial charge on any atom is -0.423 e. The molecule has 0 unspecified atom stereocenters. The van der Waals surface area contributed by atoms with E-state index in [2.05, 4.69) is 10.6 Å². The minimum atomic E-state index is -0.479. The second kappa shape index (κ2) is 7.69. The number of aryl methyl sites for hydroxylation is 1. The van der Waals surface area contributed by atoms with Crippen molar-refractivity contribution in [2.45, 2.75) is 13.3 Å². The van der Waals surface area contributed by atoms with Gasteiger partial charge in [0.25, 0.3) is 5.69 Å². The lowest BCUT2D eigenvalue weighted by atomic mass is 10.1. The van der Waals surface area contributed by atoms with Crippen LogP contribution in [-0.4, -0.2) is 17.4 Å². The van der Waals surface area contributed by atoms with Crippen molar-refractivity contribution >= 4 is 33.9 Å². The van der Waals surface area contributed by atoms with Crippen LogP contribution in [0.15, 0.2) is 57.7 Å². The first-order chi connectivity index (χ1) is 12.9. The molecule has 0 bridgehead atoms. The number of hydrogen-bond acceptors (Lipinski definition) is 6. The van der Waals surface area contributed by atoms with Crippen molar-refractivity contribution in [3.05, 3.63) is 74.6 Å². The van der Waals surface area contributed by atoms with E-state index in [1.807, 2.05) is 6.92 Å². The molecule has 1 heterocycles. The number of amides is 1. The van der Waals surface area contributed by atoms with Crippen LogP contribution in [0.25, 0.3) is 11.0 Å². The number of para-hydroxylation sites is 2. The standard InChI is InChI=1S/C19H17N3O5/c1-12-10-19(24)27-17-11-13(6-7-14(12)17)21-18(23)8-9-20-15-4-2-3-5-16(15)22(25)26/h2-7,10-11,20H,8-9H2,1H3,(H,21,23). The van der Waals surface area contributed by atoms with E-state index in [0.717, 1.165) is 10.9 Å². The Hall–Kier alpha value is -3.68. The van der Waals surface area contributed by atoms with Gasteiger partial charge in [0.2, 0.25) is 5.91 Å². The number of carbonyl (C=O) groups is 1. The molecule has 2 aromatic carbocycles. The van der Waals surface area contributed by atoms with Gasteiger partial charge in [-0.2, -0.15) is 0 Å². The highest BCUT2D eigenvalue weighted by Crippen LogP contribution is 2.23. The first-order valence-corrected chi connectivity index (χ1v) is 8.26. The van der Waals surface area contributed by atoms with Crippen molar-refractivity contribution in [3.8, 4) is 0 Å². The highest BCUT2D eigenvalue weighted by atomic mass is 16.6. The Morgan fingerprint density at radius 3 is 2.74 bits per heavy atom. The van der Waals surface area contributed by atoms with Gasteiger partial charge in [-0.1, -0.05) is 12.1 Å². The second-order valence-corrected chi connectivity index (χ2v) is 5.96. The Morgan fingerprint density at radius 1 is 1.19 bits per heavy atom. The summed E-state index contributed by atoms with van der Waals surface area (Å²) in [6, 6.07) is 12.7. The van der Waals surface area contributed by atoms with Crippen LogP contribution in [0, 0.1) is 17.0 Å². The number of hydrogen-bond donors (Lipinski definition) is 2. The Labute approximate surface area is 154 Å². The third kappa shape index (κ3) is 4.30. The van der Waals surface area contributed by atoms with Crippen molar-refractivity contribution in [2.24, 2.45) is 0 Å². The molecule has 3 rings (SSSR count). The predicted molar refractivity (Wildman–Crippen MR) is 102 cm³/mol. The van der Waals surface area contributed by atoms with Gasteiger partial charge in [0.15, 0.2) is 0 Å². The first kappa shape index (κ1) is 18.1. The summed E-state index contributed by atoms with van der Waals surface area (Å²) in [5.41, 5.74) is 1.57. The molecule has 0 aliphatic rings. The van der Waals surface area contributed by atoms with Gasteiger partial charge in [0, 0.05) is 42.2 Å². The van der Waals surface area contributed by atoms with Gasteiger partial charge >= 0.3 is 5.63 Å². The van der Waals surface area contributed by atoms with Crippen LogP contribution in [0.1, 0.15) is 12.0 Å². The maximum absolute atomic E-state index is 12.1. The highest BCUT2D eigenvalue weighted by molar-refractivity contribution is 5.93. The monoisotopic (exact) mass is 367 g/mol. The number of nitro groups is 1. The smallest absolute Gasteiger partial charge is 0.336 e. The lowest BCUT2D eigenvalue weighted by Gasteiger charge is -2.09. The van der Waals surface area contributed by atoms with E-state index in [1.165, 1.54) is 12.1 Å². The zero-order valence-electron chi connectivity index (χ0n) is 14.5. The number of nitrogens with zero attached hydrogens (tertiary/aromatic N) is 1. The van der Waals surface area contributed by atoms with E-state index >= 15 is 0 Å². The summed E-state index contributed by atoms with van der Waals surface area (Å²) in [4.78, 5) is 34.1. The van der Waals surface area contributed by atoms with Crippen LogP contribution >= 0.6 is 0 Å². The fourth-order valence-corrected chi connectivity index (χ4v) is 2.72. The SMILES string of the molecule is Cc1cc(=O)oc2cc(NC(=O)CCNc3ccccc3[N+](=O)[O-])ccc12. The van der Waals surface area contributed by atoms with E-state index in [1.54, 1.807) is 36.4 Å². The van der Waals surface area contributed by atoms with Crippen LogP contribution in [0.4, 0.5) is 17.1 Å². The van der Waals surface area contributed by atoms with E-state index in [0.29, 0.717) is 17.0 Å². The van der Waals surface area contributed by atoms with Crippen LogP contribution in [0.5, 0.6) is 0 Å². The normalized spacial score (nSPS) is 10.6. The average Bonchev–Trinajstić information content (AvgIpc) is 2.61. The molecule has 3 aromatic rings. The summed E-state index contributed by atoms with van der Waals surface area (Å²) in [5, 5.41) is 17.4. The van der Waals surface area contributed by atoms with Gasteiger partial charge in [-0.25, -0.2) is 4.79 Å². The molecule has 8 heteroatoms. The summed E-state index contributed by atoms with van der Waals surface area (Å²) in [6.07, 6.45) is 0.113. The van der Waals surface area contributed by atoms with Crippen LogP contribution in [0.3, 0.4) is 0 Å². The third-order valence-electron chi connectivity index (χ3n) is 4.00. The summed E-state index contributed by atoms with van der Waals surface area (Å²) < 4.78 is 5.16. The molecule has 1 aromatic heterocycles. The van der Waals surface area contributed by atoms with Gasteiger partial charge in [0.05, 0.1) is 4.92 Å². The lowest BCUT2D eigenvalue weighted by Crippen LogP contribution is -2.16. The molecule has 0 radical (unpaired) electrons. The number of benzene rings is 2. The third-order valence-corrected chi connectivity index (χ3v) is 4.00. The summed E-state index contributed by atoms with van der Waals surface area (Å²) in [7, 11) is 0. The summed E-state index contributed by atoms with van der Waals surface area (Å²) >= 11 is 0.